The first-order valence-electron chi connectivity index (χ1n) is 9.61. The Hall–Kier alpha value is -1.79. The number of hydrogen-bond acceptors (Lipinski definition) is 4. The predicted molar refractivity (Wildman–Crippen MR) is 106 cm³/mol. The van der Waals surface area contributed by atoms with E-state index in [1.165, 1.54) is 0 Å². The summed E-state index contributed by atoms with van der Waals surface area (Å²) in [6.45, 7) is 10.6. The zero-order valence-corrected chi connectivity index (χ0v) is 16.7. The Bertz CT molecular complexity index is 558. The van der Waals surface area contributed by atoms with Gasteiger partial charge in [0.1, 0.15) is 5.75 Å². The Labute approximate surface area is 158 Å². The highest BCUT2D eigenvalue weighted by Gasteiger charge is 2.20. The van der Waals surface area contributed by atoms with Crippen molar-refractivity contribution in [1.29, 1.82) is 0 Å². The molecule has 1 aliphatic rings. The number of methoxy groups -OCH3 is 1. The van der Waals surface area contributed by atoms with Gasteiger partial charge < -0.3 is 19.9 Å². The van der Waals surface area contributed by atoms with Crippen LogP contribution in [0, 0.1) is 0 Å². The summed E-state index contributed by atoms with van der Waals surface area (Å²) >= 11 is 0. The van der Waals surface area contributed by atoms with E-state index in [9.17, 15) is 4.79 Å². The van der Waals surface area contributed by atoms with Gasteiger partial charge >= 0.3 is 6.03 Å². The average Bonchev–Trinajstić information content (AvgIpc) is 2.66. The first-order chi connectivity index (χ1) is 12.5. The minimum absolute atomic E-state index is 0.00986. The highest BCUT2D eigenvalue weighted by atomic mass is 16.5. The molecule has 26 heavy (non-hydrogen) atoms. The number of benzene rings is 1. The van der Waals surface area contributed by atoms with Crippen LogP contribution in [-0.2, 0) is 6.54 Å². The van der Waals surface area contributed by atoms with E-state index in [4.69, 9.17) is 4.74 Å². The Morgan fingerprint density at radius 1 is 1.31 bits per heavy atom. The van der Waals surface area contributed by atoms with Gasteiger partial charge in [0.05, 0.1) is 7.11 Å². The van der Waals surface area contributed by atoms with E-state index in [1.54, 1.807) is 7.11 Å². The lowest BCUT2D eigenvalue weighted by Crippen LogP contribution is -2.52. The summed E-state index contributed by atoms with van der Waals surface area (Å²) in [7, 11) is 3.82. The van der Waals surface area contributed by atoms with Crippen LogP contribution in [0.4, 0.5) is 4.79 Å². The van der Waals surface area contributed by atoms with Gasteiger partial charge in [0.15, 0.2) is 0 Å². The number of ether oxygens (including phenoxy) is 1. The van der Waals surface area contributed by atoms with E-state index < -0.39 is 0 Å². The van der Waals surface area contributed by atoms with Crippen LogP contribution < -0.4 is 10.1 Å². The average molecular weight is 363 g/mol. The van der Waals surface area contributed by atoms with Gasteiger partial charge in [-0.1, -0.05) is 19.1 Å². The number of urea groups is 1. The van der Waals surface area contributed by atoms with Crippen LogP contribution >= 0.6 is 0 Å². The van der Waals surface area contributed by atoms with Crippen LogP contribution in [-0.4, -0.2) is 80.2 Å². The molecule has 0 aromatic heterocycles. The first kappa shape index (κ1) is 20.5. The molecule has 1 aromatic carbocycles. The largest absolute Gasteiger partial charge is 0.497 e. The number of carbonyl (C=O) groups excluding carboxylic acids is 1. The summed E-state index contributed by atoms with van der Waals surface area (Å²) in [5, 5.41) is 3.13. The second-order valence-corrected chi connectivity index (χ2v) is 7.15. The second-order valence-electron chi connectivity index (χ2n) is 7.15. The van der Waals surface area contributed by atoms with Crippen molar-refractivity contribution in [3.63, 3.8) is 0 Å². The molecule has 1 unspecified atom stereocenters. The summed E-state index contributed by atoms with van der Waals surface area (Å²) < 4.78 is 5.28. The van der Waals surface area contributed by atoms with E-state index in [0.29, 0.717) is 19.1 Å². The number of carbonyl (C=O) groups is 1. The maximum absolute atomic E-state index is 12.7. The molecule has 6 nitrogen and oxygen atoms in total. The third kappa shape index (κ3) is 6.18. The molecule has 0 bridgehead atoms. The number of nitrogens with zero attached hydrogens (tertiary/aromatic N) is 3. The van der Waals surface area contributed by atoms with Crippen molar-refractivity contribution in [2.24, 2.45) is 0 Å². The molecule has 1 atom stereocenters. The number of amides is 2. The smallest absolute Gasteiger partial charge is 0.317 e. The van der Waals surface area contributed by atoms with Crippen LogP contribution in [0.15, 0.2) is 24.3 Å². The van der Waals surface area contributed by atoms with Crippen molar-refractivity contribution >= 4 is 6.03 Å². The second kappa shape index (κ2) is 10.4. The third-order valence-corrected chi connectivity index (χ3v) is 5.00. The predicted octanol–water partition coefficient (Wildman–Crippen LogP) is 2.25. The molecule has 0 radical (unpaired) electrons. The monoisotopic (exact) mass is 362 g/mol. The standard InChI is InChI=1S/C20H34N4O2/c1-5-9-24(16-18-7-6-8-19(14-18)26-4)20(25)21-15-17(2)23-12-10-22(3)11-13-23/h6-8,14,17H,5,9-13,15-16H2,1-4H3,(H,21,25). The fourth-order valence-corrected chi connectivity index (χ4v) is 3.25. The van der Waals surface area contributed by atoms with E-state index in [-0.39, 0.29) is 6.03 Å². The van der Waals surface area contributed by atoms with Crippen molar-refractivity contribution in [2.45, 2.75) is 32.9 Å². The summed E-state index contributed by atoms with van der Waals surface area (Å²) in [6, 6.07) is 8.27. The SMILES string of the molecule is CCCN(Cc1cccc(OC)c1)C(=O)NCC(C)N1CCN(C)CC1. The van der Waals surface area contributed by atoms with Gasteiger partial charge in [0.25, 0.3) is 0 Å². The van der Waals surface area contributed by atoms with E-state index >= 15 is 0 Å². The molecule has 2 amide bonds. The number of piperazine rings is 1. The van der Waals surface area contributed by atoms with E-state index in [1.807, 2.05) is 29.2 Å². The van der Waals surface area contributed by atoms with Crippen LogP contribution in [0.1, 0.15) is 25.8 Å². The summed E-state index contributed by atoms with van der Waals surface area (Å²) in [4.78, 5) is 19.4. The van der Waals surface area contributed by atoms with Gasteiger partial charge in [0, 0.05) is 51.9 Å². The maximum Gasteiger partial charge on any atom is 0.317 e. The Kier molecular flexibility index (Phi) is 8.19. The minimum Gasteiger partial charge on any atom is -0.497 e. The molecule has 146 valence electrons. The Morgan fingerprint density at radius 3 is 2.69 bits per heavy atom. The van der Waals surface area contributed by atoms with Crippen LogP contribution in [0.25, 0.3) is 0 Å². The molecule has 1 aliphatic heterocycles. The summed E-state index contributed by atoms with van der Waals surface area (Å²) in [5.74, 6) is 0.822. The van der Waals surface area contributed by atoms with Crippen LogP contribution in [0.5, 0.6) is 5.75 Å². The highest BCUT2D eigenvalue weighted by Crippen LogP contribution is 2.14. The molecular formula is C20H34N4O2. The zero-order chi connectivity index (χ0) is 18.9. The zero-order valence-electron chi connectivity index (χ0n) is 16.7. The van der Waals surface area contributed by atoms with Crippen molar-refractivity contribution in [3.05, 3.63) is 29.8 Å². The molecule has 1 aromatic rings. The van der Waals surface area contributed by atoms with Crippen LogP contribution in [0.2, 0.25) is 0 Å². The Balaban J connectivity index is 1.86. The third-order valence-electron chi connectivity index (χ3n) is 5.00. The quantitative estimate of drug-likeness (QED) is 0.771. The molecule has 0 aliphatic carbocycles. The van der Waals surface area contributed by atoms with Gasteiger partial charge in [-0.15, -0.1) is 0 Å². The number of rotatable bonds is 8. The molecule has 0 saturated carbocycles. The lowest BCUT2D eigenvalue weighted by atomic mass is 10.2. The highest BCUT2D eigenvalue weighted by molar-refractivity contribution is 5.74. The lowest BCUT2D eigenvalue weighted by molar-refractivity contribution is 0.117. The van der Waals surface area contributed by atoms with Gasteiger partial charge in [-0.2, -0.15) is 0 Å². The molecule has 1 saturated heterocycles. The summed E-state index contributed by atoms with van der Waals surface area (Å²) in [6.07, 6.45) is 0.936. The first-order valence-corrected chi connectivity index (χ1v) is 9.61. The number of likely N-dealkylation sites (N-methyl/N-ethyl adjacent to an activating group) is 1. The van der Waals surface area contributed by atoms with Crippen molar-refractivity contribution in [2.75, 3.05) is 53.4 Å². The molecule has 0 spiro atoms. The lowest BCUT2D eigenvalue weighted by Gasteiger charge is -2.36. The number of nitrogens with one attached hydrogen (secondary N) is 1. The number of hydrogen-bond donors (Lipinski definition) is 1. The maximum atomic E-state index is 12.7. The Morgan fingerprint density at radius 2 is 2.04 bits per heavy atom. The van der Waals surface area contributed by atoms with Crippen molar-refractivity contribution < 1.29 is 9.53 Å². The molecule has 1 heterocycles. The molecule has 1 N–H and O–H groups in total. The molecule has 2 rings (SSSR count). The minimum atomic E-state index is 0.00986. The fraction of sp³-hybridized carbons (Fsp3) is 0.650. The van der Waals surface area contributed by atoms with Crippen molar-refractivity contribution in [3.8, 4) is 5.75 Å². The summed E-state index contributed by atoms with van der Waals surface area (Å²) in [5.41, 5.74) is 1.08. The van der Waals surface area contributed by atoms with Crippen molar-refractivity contribution in [1.82, 2.24) is 20.0 Å². The van der Waals surface area contributed by atoms with Gasteiger partial charge in [0.2, 0.25) is 0 Å². The molecule has 1 fully saturated rings. The van der Waals surface area contributed by atoms with Gasteiger partial charge in [-0.25, -0.2) is 4.79 Å². The molecular weight excluding hydrogens is 328 g/mol. The van der Waals surface area contributed by atoms with E-state index in [0.717, 1.165) is 50.5 Å². The molecule has 6 heteroatoms. The fourth-order valence-electron chi connectivity index (χ4n) is 3.25. The topological polar surface area (TPSA) is 48.1 Å². The normalized spacial score (nSPS) is 16.9. The van der Waals surface area contributed by atoms with Gasteiger partial charge in [-0.3, -0.25) is 4.90 Å². The van der Waals surface area contributed by atoms with Crippen LogP contribution in [0.3, 0.4) is 0 Å². The van der Waals surface area contributed by atoms with E-state index in [2.05, 4.69) is 36.0 Å². The van der Waals surface area contributed by atoms with Gasteiger partial charge in [-0.05, 0) is 38.1 Å².